The molecule has 2 rings (SSSR count). The van der Waals surface area contributed by atoms with Crippen LogP contribution in [0.1, 0.15) is 13.3 Å². The highest BCUT2D eigenvalue weighted by Gasteiger charge is 2.19. The van der Waals surface area contributed by atoms with Crippen LogP contribution in [-0.2, 0) is 4.74 Å². The molecular weight excluding hydrogens is 178 g/mol. The lowest BCUT2D eigenvalue weighted by atomic mass is 10.2. The number of aromatic nitrogens is 2. The Morgan fingerprint density at radius 3 is 3.29 bits per heavy atom. The molecule has 0 bridgehead atoms. The maximum absolute atomic E-state index is 5.59. The average molecular weight is 193 g/mol. The van der Waals surface area contributed by atoms with Gasteiger partial charge in [0, 0.05) is 19.3 Å². The van der Waals surface area contributed by atoms with Crippen molar-refractivity contribution in [3.63, 3.8) is 0 Å². The molecule has 1 fully saturated rings. The number of hydrogen-bond donors (Lipinski definition) is 0. The number of anilines is 1. The number of ether oxygens (including phenoxy) is 1. The number of nitrogens with zero attached hydrogens (tertiary/aromatic N) is 3. The van der Waals surface area contributed by atoms with Crippen LogP contribution >= 0.6 is 0 Å². The highest BCUT2D eigenvalue weighted by Crippen LogP contribution is 2.14. The standard InChI is InChI=1S/C10H15N3O/c1-2-9-7-13(5-6-14-9)10-3-4-11-8-12-10/h3-4,8-9H,2,5-7H2,1H3/t9-/m0/s1. The Balaban J connectivity index is 2.04. The summed E-state index contributed by atoms with van der Waals surface area (Å²) in [5, 5.41) is 0. The molecule has 0 unspecified atom stereocenters. The second kappa shape index (κ2) is 4.37. The minimum atomic E-state index is 0.346. The summed E-state index contributed by atoms with van der Waals surface area (Å²) in [4.78, 5) is 10.4. The summed E-state index contributed by atoms with van der Waals surface area (Å²) in [6.45, 7) is 4.80. The first-order chi connectivity index (χ1) is 6.90. The first kappa shape index (κ1) is 9.40. The molecule has 1 saturated heterocycles. The van der Waals surface area contributed by atoms with Crippen molar-refractivity contribution in [3.05, 3.63) is 18.6 Å². The second-order valence-electron chi connectivity index (χ2n) is 3.41. The van der Waals surface area contributed by atoms with Gasteiger partial charge in [0.1, 0.15) is 12.1 Å². The van der Waals surface area contributed by atoms with Crippen molar-refractivity contribution < 1.29 is 4.74 Å². The molecule has 0 radical (unpaired) electrons. The van der Waals surface area contributed by atoms with E-state index < -0.39 is 0 Å². The lowest BCUT2D eigenvalue weighted by Crippen LogP contribution is -2.42. The molecule has 1 atom stereocenters. The Labute approximate surface area is 83.9 Å². The van der Waals surface area contributed by atoms with E-state index in [0.29, 0.717) is 6.10 Å². The molecule has 0 aromatic carbocycles. The summed E-state index contributed by atoms with van der Waals surface area (Å²) in [5.74, 6) is 1.00. The fraction of sp³-hybridized carbons (Fsp3) is 0.600. The summed E-state index contributed by atoms with van der Waals surface area (Å²) in [6.07, 6.45) is 4.77. The zero-order valence-electron chi connectivity index (χ0n) is 8.39. The molecule has 1 aliphatic heterocycles. The molecule has 0 amide bonds. The fourth-order valence-electron chi connectivity index (χ4n) is 1.65. The van der Waals surface area contributed by atoms with Crippen LogP contribution in [0.5, 0.6) is 0 Å². The molecule has 0 saturated carbocycles. The molecule has 0 spiro atoms. The quantitative estimate of drug-likeness (QED) is 0.704. The summed E-state index contributed by atoms with van der Waals surface area (Å²) in [6, 6.07) is 1.94. The Hall–Kier alpha value is -1.16. The third-order valence-electron chi connectivity index (χ3n) is 2.48. The Kier molecular flexibility index (Phi) is 2.93. The molecular formula is C10H15N3O. The normalized spacial score (nSPS) is 22.4. The van der Waals surface area contributed by atoms with Crippen LogP contribution < -0.4 is 4.90 Å². The van der Waals surface area contributed by atoms with Gasteiger partial charge < -0.3 is 9.64 Å². The van der Waals surface area contributed by atoms with E-state index in [2.05, 4.69) is 21.8 Å². The molecule has 1 aromatic heterocycles. The maximum atomic E-state index is 5.59. The first-order valence-electron chi connectivity index (χ1n) is 5.02. The zero-order chi connectivity index (χ0) is 9.80. The van der Waals surface area contributed by atoms with Gasteiger partial charge >= 0.3 is 0 Å². The van der Waals surface area contributed by atoms with Crippen molar-refractivity contribution in [2.75, 3.05) is 24.6 Å². The Morgan fingerprint density at radius 1 is 1.64 bits per heavy atom. The molecule has 0 aliphatic carbocycles. The average Bonchev–Trinajstić information content (AvgIpc) is 2.30. The van der Waals surface area contributed by atoms with Crippen molar-refractivity contribution in [2.45, 2.75) is 19.4 Å². The van der Waals surface area contributed by atoms with Gasteiger partial charge in [0.2, 0.25) is 0 Å². The highest BCUT2D eigenvalue weighted by atomic mass is 16.5. The molecule has 1 aliphatic rings. The van der Waals surface area contributed by atoms with E-state index in [-0.39, 0.29) is 0 Å². The lowest BCUT2D eigenvalue weighted by molar-refractivity contribution is 0.0381. The fourth-order valence-corrected chi connectivity index (χ4v) is 1.65. The first-order valence-corrected chi connectivity index (χ1v) is 5.02. The van der Waals surface area contributed by atoms with E-state index in [0.717, 1.165) is 31.9 Å². The molecule has 1 aromatic rings. The minimum Gasteiger partial charge on any atom is -0.375 e. The van der Waals surface area contributed by atoms with Crippen LogP contribution in [0.4, 0.5) is 5.82 Å². The monoisotopic (exact) mass is 193 g/mol. The van der Waals surface area contributed by atoms with Gasteiger partial charge in [0.25, 0.3) is 0 Å². The van der Waals surface area contributed by atoms with Crippen LogP contribution in [-0.4, -0.2) is 35.8 Å². The zero-order valence-corrected chi connectivity index (χ0v) is 8.39. The van der Waals surface area contributed by atoms with Crippen LogP contribution in [0.3, 0.4) is 0 Å². The van der Waals surface area contributed by atoms with Crippen LogP contribution in [0.25, 0.3) is 0 Å². The SMILES string of the molecule is CC[C@H]1CN(c2ccncn2)CCO1. The summed E-state index contributed by atoms with van der Waals surface area (Å²) < 4.78 is 5.59. The van der Waals surface area contributed by atoms with Gasteiger partial charge in [-0.2, -0.15) is 0 Å². The van der Waals surface area contributed by atoms with Gasteiger partial charge in [-0.15, -0.1) is 0 Å². The molecule has 4 heteroatoms. The van der Waals surface area contributed by atoms with Gasteiger partial charge in [0.05, 0.1) is 12.7 Å². The largest absolute Gasteiger partial charge is 0.375 e. The van der Waals surface area contributed by atoms with E-state index in [1.54, 1.807) is 12.5 Å². The van der Waals surface area contributed by atoms with Crippen LogP contribution in [0, 0.1) is 0 Å². The van der Waals surface area contributed by atoms with E-state index in [1.807, 2.05) is 6.07 Å². The second-order valence-corrected chi connectivity index (χ2v) is 3.41. The highest BCUT2D eigenvalue weighted by molar-refractivity contribution is 5.36. The van der Waals surface area contributed by atoms with Gasteiger partial charge in [-0.25, -0.2) is 9.97 Å². The predicted molar refractivity (Wildman–Crippen MR) is 54.3 cm³/mol. The van der Waals surface area contributed by atoms with E-state index in [9.17, 15) is 0 Å². The molecule has 76 valence electrons. The van der Waals surface area contributed by atoms with Gasteiger partial charge in [-0.3, -0.25) is 0 Å². The molecule has 2 heterocycles. The minimum absolute atomic E-state index is 0.346. The predicted octanol–water partition coefficient (Wildman–Crippen LogP) is 1.09. The Bertz CT molecular complexity index is 278. The van der Waals surface area contributed by atoms with Crippen LogP contribution in [0.15, 0.2) is 18.6 Å². The van der Waals surface area contributed by atoms with Crippen LogP contribution in [0.2, 0.25) is 0 Å². The topological polar surface area (TPSA) is 38.2 Å². The summed E-state index contributed by atoms with van der Waals surface area (Å²) in [5.41, 5.74) is 0. The smallest absolute Gasteiger partial charge is 0.132 e. The van der Waals surface area contributed by atoms with E-state index in [4.69, 9.17) is 4.74 Å². The summed E-state index contributed by atoms with van der Waals surface area (Å²) in [7, 11) is 0. The maximum Gasteiger partial charge on any atom is 0.132 e. The third kappa shape index (κ3) is 2.01. The van der Waals surface area contributed by atoms with Gasteiger partial charge in [-0.05, 0) is 12.5 Å². The van der Waals surface area contributed by atoms with Crippen molar-refractivity contribution >= 4 is 5.82 Å². The molecule has 14 heavy (non-hydrogen) atoms. The van der Waals surface area contributed by atoms with Crippen molar-refractivity contribution in [2.24, 2.45) is 0 Å². The number of morpholine rings is 1. The third-order valence-corrected chi connectivity index (χ3v) is 2.48. The number of rotatable bonds is 2. The Morgan fingerprint density at radius 2 is 2.57 bits per heavy atom. The lowest BCUT2D eigenvalue weighted by Gasteiger charge is -2.33. The molecule has 0 N–H and O–H groups in total. The van der Waals surface area contributed by atoms with Crippen molar-refractivity contribution in [3.8, 4) is 0 Å². The van der Waals surface area contributed by atoms with Gasteiger partial charge in [-0.1, -0.05) is 6.92 Å². The van der Waals surface area contributed by atoms with Crippen molar-refractivity contribution in [1.82, 2.24) is 9.97 Å². The summed E-state index contributed by atoms with van der Waals surface area (Å²) >= 11 is 0. The number of hydrogen-bond acceptors (Lipinski definition) is 4. The van der Waals surface area contributed by atoms with Gasteiger partial charge in [0.15, 0.2) is 0 Å². The van der Waals surface area contributed by atoms with E-state index >= 15 is 0 Å². The van der Waals surface area contributed by atoms with E-state index in [1.165, 1.54) is 0 Å². The van der Waals surface area contributed by atoms with Crippen molar-refractivity contribution in [1.29, 1.82) is 0 Å². The molecule has 4 nitrogen and oxygen atoms in total.